The third-order valence-corrected chi connectivity index (χ3v) is 4.94. The number of amides is 4. The molecule has 1 aromatic carbocycles. The van der Waals surface area contributed by atoms with Crippen LogP contribution in [0.25, 0.3) is 5.69 Å². The van der Waals surface area contributed by atoms with Crippen LogP contribution in [0.4, 0.5) is 4.79 Å². The highest BCUT2D eigenvalue weighted by atomic mass is 16.2. The zero-order valence-corrected chi connectivity index (χ0v) is 14.4. The minimum absolute atomic E-state index is 0.0340. The highest BCUT2D eigenvalue weighted by Gasteiger charge is 2.40. The molecule has 2 aromatic rings. The van der Waals surface area contributed by atoms with E-state index in [1.165, 1.54) is 4.90 Å². The number of rotatable bonds is 3. The number of hydrogen-bond donors (Lipinski definition) is 1. The molecule has 2 saturated heterocycles. The molecule has 4 rings (SSSR count). The lowest BCUT2D eigenvalue weighted by Gasteiger charge is -2.21. The summed E-state index contributed by atoms with van der Waals surface area (Å²) in [6.07, 6.45) is 2.17. The van der Waals surface area contributed by atoms with Gasteiger partial charge in [0.05, 0.1) is 35.7 Å². The Balaban J connectivity index is 1.52. The predicted molar refractivity (Wildman–Crippen MR) is 92.9 cm³/mol. The van der Waals surface area contributed by atoms with Gasteiger partial charge in [0, 0.05) is 13.1 Å². The number of aromatic nitrogens is 2. The van der Waals surface area contributed by atoms with E-state index in [0.717, 1.165) is 11.4 Å². The number of carbonyl (C=O) groups is 3. The summed E-state index contributed by atoms with van der Waals surface area (Å²) in [4.78, 5) is 39.5. The zero-order chi connectivity index (χ0) is 18.3. The van der Waals surface area contributed by atoms with Gasteiger partial charge in [0.2, 0.25) is 5.91 Å². The smallest absolute Gasteiger partial charge is 0.324 e. The molecule has 2 aliphatic heterocycles. The van der Waals surface area contributed by atoms with Crippen LogP contribution in [0.5, 0.6) is 0 Å². The summed E-state index contributed by atoms with van der Waals surface area (Å²) < 4.78 is 1.73. The first-order valence-electron chi connectivity index (χ1n) is 8.55. The van der Waals surface area contributed by atoms with E-state index in [4.69, 9.17) is 0 Å². The van der Waals surface area contributed by atoms with E-state index in [9.17, 15) is 14.4 Å². The Kier molecular flexibility index (Phi) is 3.95. The third-order valence-electron chi connectivity index (χ3n) is 4.94. The molecule has 0 bridgehead atoms. The summed E-state index contributed by atoms with van der Waals surface area (Å²) >= 11 is 0. The Morgan fingerprint density at radius 2 is 2.00 bits per heavy atom. The first-order valence-corrected chi connectivity index (χ1v) is 8.55. The lowest BCUT2D eigenvalue weighted by Crippen LogP contribution is -2.43. The zero-order valence-electron chi connectivity index (χ0n) is 14.4. The van der Waals surface area contributed by atoms with Gasteiger partial charge in [-0.1, -0.05) is 18.2 Å². The Morgan fingerprint density at radius 3 is 2.69 bits per heavy atom. The van der Waals surface area contributed by atoms with Gasteiger partial charge >= 0.3 is 6.03 Å². The molecule has 8 heteroatoms. The maximum absolute atomic E-state index is 12.9. The average Bonchev–Trinajstić information content (AvgIpc) is 3.35. The standard InChI is InChI=1S/C18H19N5O3/c1-12-15(9-20-23(12)13-5-3-2-4-6-13)17(25)21-8-7-14(11-21)22-16(24)10-19-18(22)26/h2-6,9,14H,7-8,10-11H2,1H3,(H,19,26). The molecule has 4 amide bonds. The van der Waals surface area contributed by atoms with Gasteiger partial charge in [0.15, 0.2) is 0 Å². The highest BCUT2D eigenvalue weighted by Crippen LogP contribution is 2.22. The molecule has 1 aromatic heterocycles. The average molecular weight is 353 g/mol. The Labute approximate surface area is 150 Å². The fraction of sp³-hybridized carbons (Fsp3) is 0.333. The fourth-order valence-electron chi connectivity index (χ4n) is 3.56. The number of nitrogens with zero attached hydrogens (tertiary/aromatic N) is 4. The van der Waals surface area contributed by atoms with Crippen molar-refractivity contribution in [2.24, 2.45) is 0 Å². The first kappa shape index (κ1) is 16.3. The quantitative estimate of drug-likeness (QED) is 0.832. The number of carbonyl (C=O) groups excluding carboxylic acids is 3. The van der Waals surface area contributed by atoms with Crippen LogP contribution in [0.3, 0.4) is 0 Å². The minimum atomic E-state index is -0.373. The molecule has 0 radical (unpaired) electrons. The molecule has 134 valence electrons. The van der Waals surface area contributed by atoms with Crippen LogP contribution in [-0.2, 0) is 4.79 Å². The Hall–Kier alpha value is -3.16. The van der Waals surface area contributed by atoms with Gasteiger partial charge in [-0.05, 0) is 25.5 Å². The molecular weight excluding hydrogens is 334 g/mol. The maximum atomic E-state index is 12.9. The van der Waals surface area contributed by atoms with Gasteiger partial charge in [-0.2, -0.15) is 5.10 Å². The summed E-state index contributed by atoms with van der Waals surface area (Å²) in [6, 6.07) is 8.98. The van der Waals surface area contributed by atoms with Crippen molar-refractivity contribution in [2.45, 2.75) is 19.4 Å². The van der Waals surface area contributed by atoms with Crippen LogP contribution in [0.2, 0.25) is 0 Å². The van der Waals surface area contributed by atoms with Crippen LogP contribution in [-0.4, -0.2) is 63.1 Å². The number of imide groups is 1. The van der Waals surface area contributed by atoms with Crippen molar-refractivity contribution in [3.05, 3.63) is 47.8 Å². The van der Waals surface area contributed by atoms with Crippen LogP contribution < -0.4 is 5.32 Å². The van der Waals surface area contributed by atoms with Crippen molar-refractivity contribution in [1.82, 2.24) is 24.9 Å². The van der Waals surface area contributed by atoms with Crippen LogP contribution >= 0.6 is 0 Å². The summed E-state index contributed by atoms with van der Waals surface area (Å²) in [5.41, 5.74) is 2.19. The van der Waals surface area contributed by atoms with Gasteiger partial charge in [0.25, 0.3) is 5.91 Å². The summed E-state index contributed by atoms with van der Waals surface area (Å²) in [7, 11) is 0. The minimum Gasteiger partial charge on any atom is -0.336 e. The highest BCUT2D eigenvalue weighted by molar-refractivity contribution is 6.02. The monoisotopic (exact) mass is 353 g/mol. The summed E-state index contributed by atoms with van der Waals surface area (Å²) in [6.45, 7) is 2.76. The lowest BCUT2D eigenvalue weighted by atomic mass is 10.2. The van der Waals surface area contributed by atoms with Crippen molar-refractivity contribution in [2.75, 3.05) is 19.6 Å². The van der Waals surface area contributed by atoms with E-state index < -0.39 is 0 Å². The lowest BCUT2D eigenvalue weighted by molar-refractivity contribution is -0.126. The van der Waals surface area contributed by atoms with Gasteiger partial charge in [-0.25, -0.2) is 9.48 Å². The van der Waals surface area contributed by atoms with Crippen molar-refractivity contribution >= 4 is 17.8 Å². The Morgan fingerprint density at radius 1 is 1.23 bits per heavy atom. The molecule has 0 saturated carbocycles. The van der Waals surface area contributed by atoms with Crippen LogP contribution in [0.1, 0.15) is 22.5 Å². The van der Waals surface area contributed by atoms with Crippen LogP contribution in [0.15, 0.2) is 36.5 Å². The van der Waals surface area contributed by atoms with Crippen molar-refractivity contribution in [3.63, 3.8) is 0 Å². The van der Waals surface area contributed by atoms with Gasteiger partial charge in [-0.3, -0.25) is 14.5 Å². The van der Waals surface area contributed by atoms with E-state index >= 15 is 0 Å². The number of nitrogens with one attached hydrogen (secondary N) is 1. The molecule has 26 heavy (non-hydrogen) atoms. The van der Waals surface area contributed by atoms with Crippen LogP contribution in [0, 0.1) is 6.92 Å². The predicted octanol–water partition coefficient (Wildman–Crippen LogP) is 0.947. The number of urea groups is 1. The topological polar surface area (TPSA) is 87.5 Å². The fourth-order valence-corrected chi connectivity index (χ4v) is 3.56. The molecule has 3 heterocycles. The van der Waals surface area contributed by atoms with Crippen molar-refractivity contribution in [1.29, 1.82) is 0 Å². The third kappa shape index (κ3) is 2.63. The SMILES string of the molecule is Cc1c(C(=O)N2CCC(N3C(=O)CNC3=O)C2)cnn1-c1ccccc1. The number of para-hydroxylation sites is 1. The summed E-state index contributed by atoms with van der Waals surface area (Å²) in [5.74, 6) is -0.360. The van der Waals surface area contributed by atoms with E-state index in [1.54, 1.807) is 15.8 Å². The number of benzene rings is 1. The molecule has 2 aliphatic rings. The van der Waals surface area contributed by atoms with Crippen molar-refractivity contribution in [3.8, 4) is 5.69 Å². The maximum Gasteiger partial charge on any atom is 0.324 e. The largest absolute Gasteiger partial charge is 0.336 e. The molecular formula is C18H19N5O3. The van der Waals surface area contributed by atoms with Gasteiger partial charge in [0.1, 0.15) is 0 Å². The molecule has 1 atom stereocenters. The van der Waals surface area contributed by atoms with Gasteiger partial charge in [-0.15, -0.1) is 0 Å². The number of hydrogen-bond acceptors (Lipinski definition) is 4. The molecule has 0 spiro atoms. The molecule has 0 aliphatic carbocycles. The molecule has 8 nitrogen and oxygen atoms in total. The molecule has 2 fully saturated rings. The molecule has 1 N–H and O–H groups in total. The normalized spacial score (nSPS) is 20.0. The second kappa shape index (κ2) is 6.29. The first-order chi connectivity index (χ1) is 12.6. The van der Waals surface area contributed by atoms with E-state index in [1.807, 2.05) is 37.3 Å². The second-order valence-electron chi connectivity index (χ2n) is 6.51. The van der Waals surface area contributed by atoms with E-state index in [0.29, 0.717) is 25.1 Å². The van der Waals surface area contributed by atoms with E-state index in [2.05, 4.69) is 10.4 Å². The van der Waals surface area contributed by atoms with E-state index in [-0.39, 0.29) is 30.4 Å². The summed E-state index contributed by atoms with van der Waals surface area (Å²) in [5, 5.41) is 6.86. The van der Waals surface area contributed by atoms with Gasteiger partial charge < -0.3 is 10.2 Å². The number of likely N-dealkylation sites (tertiary alicyclic amines) is 1. The van der Waals surface area contributed by atoms with Crippen molar-refractivity contribution < 1.29 is 14.4 Å². The Bertz CT molecular complexity index is 860. The second-order valence-corrected chi connectivity index (χ2v) is 6.51. The molecule has 1 unspecified atom stereocenters.